The zero-order valence-corrected chi connectivity index (χ0v) is 85.5. The van der Waals surface area contributed by atoms with Crippen molar-refractivity contribution in [2.45, 2.75) is 348 Å². The van der Waals surface area contributed by atoms with Crippen LogP contribution in [0.1, 0.15) is 349 Å². The molecule has 2 aliphatic carbocycles. The van der Waals surface area contributed by atoms with Gasteiger partial charge in [0.25, 0.3) is 0 Å². The molecule has 0 saturated carbocycles. The van der Waals surface area contributed by atoms with Crippen LogP contribution < -0.4 is 10.9 Å². The molecule has 2 heterocycles. The first kappa shape index (κ1) is 98.7. The molecular formula is C134H158N2O2. The highest BCUT2D eigenvalue weighted by Crippen LogP contribution is 2.57. The van der Waals surface area contributed by atoms with Gasteiger partial charge < -0.3 is 9.13 Å². The summed E-state index contributed by atoms with van der Waals surface area (Å²) in [5, 5.41) is 14.1. The molecule has 4 heteroatoms. The third kappa shape index (κ3) is 23.4. The summed E-state index contributed by atoms with van der Waals surface area (Å²) in [6.07, 6.45) is 59.0. The zero-order chi connectivity index (χ0) is 95.2. The Kier molecular flexibility index (Phi) is 34.2. The maximum Gasteiger partial charge on any atom is 0.197 e. The largest absolute Gasteiger partial charge is 0.343 e. The van der Waals surface area contributed by atoms with Crippen LogP contribution in [0.15, 0.2) is 264 Å². The summed E-state index contributed by atoms with van der Waals surface area (Å²) in [7, 11) is 4.12. The molecule has 18 rings (SSSR count). The van der Waals surface area contributed by atoms with Crippen molar-refractivity contribution in [1.29, 1.82) is 0 Å². The second kappa shape index (κ2) is 47.8. The van der Waals surface area contributed by atoms with Crippen molar-refractivity contribution in [1.82, 2.24) is 9.13 Å². The Bertz CT molecular complexity index is 6570. The van der Waals surface area contributed by atoms with Gasteiger partial charge in [0.15, 0.2) is 10.9 Å². The number of hydrogen-bond acceptors (Lipinski definition) is 2. The van der Waals surface area contributed by atoms with E-state index in [0.717, 1.165) is 69.3 Å². The monoisotopic (exact) mass is 1830 g/mol. The van der Waals surface area contributed by atoms with Crippen molar-refractivity contribution in [3.8, 4) is 22.3 Å². The van der Waals surface area contributed by atoms with E-state index in [-0.39, 0.29) is 21.7 Å². The van der Waals surface area contributed by atoms with E-state index < -0.39 is 0 Å². The number of hydrogen-bond donors (Lipinski definition) is 0. The van der Waals surface area contributed by atoms with Crippen LogP contribution in [0.5, 0.6) is 0 Å². The summed E-state index contributed by atoms with van der Waals surface area (Å²) >= 11 is 0. The van der Waals surface area contributed by atoms with Crippen molar-refractivity contribution in [3.63, 3.8) is 0 Å². The van der Waals surface area contributed by atoms with E-state index in [9.17, 15) is 9.59 Å². The summed E-state index contributed by atoms with van der Waals surface area (Å²) in [5.41, 5.74) is 31.6. The van der Waals surface area contributed by atoms with Crippen LogP contribution in [0, 0.1) is 27.7 Å². The van der Waals surface area contributed by atoms with Gasteiger partial charge in [0, 0.05) is 46.5 Å². The first-order chi connectivity index (χ1) is 67.6. The molecule has 138 heavy (non-hydrogen) atoms. The SMILES string of the molecule is CCCCCCCCC1(CCCCCCCC)c2cc(C)c(CCCCCCCCc3ccc4cc5ccccc5cc4c3)cc2-c2cc(CCCCCCCCc3ccc4cc5ccccc5cc4c3)c(C)cc21.Cc1ccc2c(c1)-c1cc(C)ccc1C2(CCCCCCCCc1ccc2c(c1)c(=O)c1ccccc1n2C)CCCCCCCCc1ccc2c(c1)c(=O)c1ccccc1n2C. The van der Waals surface area contributed by atoms with Crippen LogP contribution in [0.3, 0.4) is 0 Å². The fourth-order valence-electron chi connectivity index (χ4n) is 24.7. The van der Waals surface area contributed by atoms with Gasteiger partial charge in [-0.2, -0.15) is 0 Å². The molecule has 4 nitrogen and oxygen atoms in total. The average Bonchev–Trinajstić information content (AvgIpc) is 1.54. The minimum atomic E-state index is 0.0863. The van der Waals surface area contributed by atoms with E-state index in [1.54, 1.807) is 55.6 Å². The molecule has 2 aliphatic rings. The van der Waals surface area contributed by atoms with Crippen LogP contribution in [-0.4, -0.2) is 9.13 Å². The predicted octanol–water partition coefficient (Wildman–Crippen LogP) is 37.5. The standard InChI is InChI=1S/C75H94.C59H64N2O2/c1-5-7-9-11-21-31-45-75(46-32-22-12-10-8-6-2)73-47-57(3)61(35-25-19-15-13-17-23-33-59-41-43-67-51-63-37-27-29-39-65(63)53-69(67)49-59)55-71(73)72-56-62(58(4)48-74(72)75)36-26-20-16-14-18-24-34-60-42-44-68-52-64-38-28-30-40-66(64)54-70(68)50-60;1-41-27-31-51-47(37-41)48-38-42(2)28-32-52(48)59(51,35-19-11-7-5-9-13-21-43-29-33-55-49(39-43)57(62)45-23-15-17-25-53(45)60(55)3)36-20-12-8-6-10-14-22-44-30-34-56-50(40-44)58(63)46-24-16-18-26-54(46)61(56)4/h27-30,37-44,47-56H,5-26,31-36,45-46H2,1-4H3;15-18,23-34,37-40H,5-14,19-22,35-36H2,1-4H3. The maximum absolute atomic E-state index is 13.4. The third-order valence-electron chi connectivity index (χ3n) is 32.7. The first-order valence-corrected chi connectivity index (χ1v) is 55.0. The van der Waals surface area contributed by atoms with Gasteiger partial charge in [0.1, 0.15) is 0 Å². The van der Waals surface area contributed by atoms with Gasteiger partial charge in [-0.15, -0.1) is 0 Å². The Labute approximate surface area is 827 Å². The van der Waals surface area contributed by atoms with Gasteiger partial charge in [-0.1, -0.05) is 400 Å². The highest BCUT2D eigenvalue weighted by atomic mass is 16.1. The van der Waals surface area contributed by atoms with Gasteiger partial charge in [-0.3, -0.25) is 9.59 Å². The van der Waals surface area contributed by atoms with Gasteiger partial charge in [0.2, 0.25) is 0 Å². The summed E-state index contributed by atoms with van der Waals surface area (Å²) in [6.45, 7) is 14.1. The number of benzene rings is 14. The molecule has 14 aromatic carbocycles. The summed E-state index contributed by atoms with van der Waals surface area (Å²) < 4.78 is 4.30. The van der Waals surface area contributed by atoms with Crippen LogP contribution >= 0.6 is 0 Å². The second-order valence-corrected chi connectivity index (χ2v) is 42.7. The minimum Gasteiger partial charge on any atom is -0.343 e. The molecule has 0 amide bonds. The summed E-state index contributed by atoms with van der Waals surface area (Å²) in [6, 6.07) is 95.5. The molecule has 716 valence electrons. The number of aromatic nitrogens is 2. The number of nitrogens with zero attached hydrogens (tertiary/aromatic N) is 2. The Morgan fingerprint density at radius 1 is 0.217 bits per heavy atom. The maximum atomic E-state index is 13.4. The highest BCUT2D eigenvalue weighted by molar-refractivity contribution is 6.01. The molecule has 0 saturated heterocycles. The van der Waals surface area contributed by atoms with E-state index in [0.29, 0.717) is 0 Å². The molecule has 0 atom stereocenters. The second-order valence-electron chi connectivity index (χ2n) is 42.7. The highest BCUT2D eigenvalue weighted by Gasteiger charge is 2.44. The zero-order valence-electron chi connectivity index (χ0n) is 85.5. The Morgan fingerprint density at radius 3 is 0.855 bits per heavy atom. The smallest absolute Gasteiger partial charge is 0.197 e. The lowest BCUT2D eigenvalue weighted by atomic mass is 9.69. The number of para-hydroxylation sites is 2. The fraction of sp³-hybridized carbons (Fsp3) is 0.418. The van der Waals surface area contributed by atoms with Crippen LogP contribution in [0.2, 0.25) is 0 Å². The van der Waals surface area contributed by atoms with Crippen molar-refractivity contribution >= 4 is 86.7 Å². The van der Waals surface area contributed by atoms with Gasteiger partial charge in [-0.25, -0.2) is 0 Å². The van der Waals surface area contributed by atoms with E-state index in [1.807, 2.05) is 48.5 Å². The van der Waals surface area contributed by atoms with E-state index in [4.69, 9.17) is 0 Å². The molecule has 0 bridgehead atoms. The number of fused-ring (bicyclic) bond motifs is 14. The molecule has 0 spiro atoms. The minimum absolute atomic E-state index is 0.0863. The van der Waals surface area contributed by atoms with Crippen LogP contribution in [-0.2, 0) is 63.5 Å². The van der Waals surface area contributed by atoms with E-state index in [2.05, 4.69) is 271 Å². The average molecular weight is 1830 g/mol. The molecule has 0 unspecified atom stereocenters. The van der Waals surface area contributed by atoms with Gasteiger partial charge >= 0.3 is 0 Å². The van der Waals surface area contributed by atoms with E-state index in [1.165, 1.54) is 357 Å². The molecular weight excluding hydrogens is 1670 g/mol. The Morgan fingerprint density at radius 2 is 0.493 bits per heavy atom. The number of aryl methyl sites for hydroxylation is 12. The number of pyridine rings is 2. The summed E-state index contributed by atoms with van der Waals surface area (Å²) in [5.74, 6) is 0. The first-order valence-electron chi connectivity index (χ1n) is 55.0. The third-order valence-corrected chi connectivity index (χ3v) is 32.7. The van der Waals surface area contributed by atoms with Crippen molar-refractivity contribution in [2.75, 3.05) is 0 Å². The molecule has 0 aliphatic heterocycles. The van der Waals surface area contributed by atoms with Crippen molar-refractivity contribution < 1.29 is 0 Å². The van der Waals surface area contributed by atoms with E-state index >= 15 is 0 Å². The normalized spacial score (nSPS) is 13.0. The molecule has 0 N–H and O–H groups in total. The number of unbranched alkanes of at least 4 members (excludes halogenated alkanes) is 30. The summed E-state index contributed by atoms with van der Waals surface area (Å²) in [4.78, 5) is 26.7. The quantitative estimate of drug-likeness (QED) is 0.0282. The lowest BCUT2D eigenvalue weighted by Crippen LogP contribution is -2.26. The van der Waals surface area contributed by atoms with Gasteiger partial charge in [0.05, 0.1) is 22.1 Å². The fourth-order valence-corrected chi connectivity index (χ4v) is 24.7. The van der Waals surface area contributed by atoms with Crippen LogP contribution in [0.4, 0.5) is 0 Å². The molecule has 16 aromatic rings. The topological polar surface area (TPSA) is 44.0 Å². The molecule has 0 fully saturated rings. The van der Waals surface area contributed by atoms with Gasteiger partial charge in [-0.05, 0) is 335 Å². The van der Waals surface area contributed by atoms with Crippen molar-refractivity contribution in [2.24, 2.45) is 14.1 Å². The number of rotatable bonds is 50. The Balaban J connectivity index is 0.000000194. The van der Waals surface area contributed by atoms with Crippen molar-refractivity contribution in [3.05, 3.63) is 353 Å². The molecule has 0 radical (unpaired) electrons. The molecule has 2 aromatic heterocycles. The van der Waals surface area contributed by atoms with Crippen LogP contribution in [0.25, 0.3) is 109 Å². The Hall–Kier alpha value is -10.9. The lowest BCUT2D eigenvalue weighted by Gasteiger charge is -2.34. The predicted molar refractivity (Wildman–Crippen MR) is 599 cm³/mol. The lowest BCUT2D eigenvalue weighted by molar-refractivity contribution is 0.397.